The number of ether oxygens (including phenoxy) is 5. The molecular weight excluding hydrogens is 941 g/mol. The van der Waals surface area contributed by atoms with Crippen LogP contribution in [0.1, 0.15) is 148 Å². The van der Waals surface area contributed by atoms with Crippen LogP contribution in [0.25, 0.3) is 0 Å². The highest BCUT2D eigenvalue weighted by Gasteiger charge is 2.79. The molecule has 0 aromatic heterocycles. The Morgan fingerprint density at radius 2 is 0.716 bits per heavy atom. The second-order valence-corrected chi connectivity index (χ2v) is 38.0. The summed E-state index contributed by atoms with van der Waals surface area (Å²) in [6.07, 6.45) is 28.6. The Morgan fingerprint density at radius 1 is 0.351 bits per heavy atom. The molecule has 0 radical (unpaired) electrons. The van der Waals surface area contributed by atoms with Crippen molar-refractivity contribution in [2.75, 3.05) is 35.5 Å². The summed E-state index contributed by atoms with van der Waals surface area (Å²) in [5.41, 5.74) is -0.00705. The average Bonchev–Trinajstić information content (AvgIpc) is 3.54. The zero-order valence-corrected chi connectivity index (χ0v) is 48.0. The van der Waals surface area contributed by atoms with E-state index in [1.807, 2.05) is 35.5 Å². The number of methoxy groups -OCH3 is 5. The van der Waals surface area contributed by atoms with Crippen LogP contribution in [0.15, 0.2) is 0 Å². The molecule has 0 heterocycles. The first-order valence-corrected chi connectivity index (χ1v) is 35.3. The van der Waals surface area contributed by atoms with Gasteiger partial charge < -0.3 is 43.4 Å². The van der Waals surface area contributed by atoms with Crippen LogP contribution in [0.3, 0.4) is 0 Å². The largest absolute Gasteiger partial charge is 0.411 e. The van der Waals surface area contributed by atoms with Crippen LogP contribution in [0, 0.1) is 142 Å². The number of aliphatic hydroxyl groups excluding tert-OH is 1. The molecule has 28 aliphatic carbocycles. The Kier molecular flexibility index (Phi) is 9.91. The molecule has 28 rings (SSSR count). The van der Waals surface area contributed by atoms with E-state index in [1.165, 1.54) is 96.3 Å². The second-order valence-electron chi connectivity index (χ2n) is 33.5. The lowest BCUT2D eigenvalue weighted by Crippen LogP contribution is -2.79. The van der Waals surface area contributed by atoms with Crippen molar-refractivity contribution in [1.82, 2.24) is 0 Å². The summed E-state index contributed by atoms with van der Waals surface area (Å²) in [7, 11) is 8.06. The lowest BCUT2D eigenvalue weighted by atomic mass is 9.32. The maximum atomic E-state index is 11.1. The van der Waals surface area contributed by atoms with Gasteiger partial charge in [0.2, 0.25) is 0 Å². The minimum Gasteiger partial charge on any atom is -0.411 e. The summed E-state index contributed by atoms with van der Waals surface area (Å²) in [6.45, 7) is 6.84. The molecule has 13 unspecified atom stereocenters. The van der Waals surface area contributed by atoms with Crippen LogP contribution in [0.5, 0.6) is 0 Å². The Labute approximate surface area is 445 Å². The van der Waals surface area contributed by atoms with Crippen molar-refractivity contribution in [3.63, 3.8) is 0 Å². The first kappa shape index (κ1) is 48.6. The lowest BCUT2D eigenvalue weighted by molar-refractivity contribution is -0.358. The SMILES string of the molecule is COC12CC3C4CC5(OC)CC3C(C1)C(C5)C4C2.COC12CC3C4CC5(OC)CC3C(C1)C(OC)(C5)C4C2.C[Si](C)(C)OC12CC3(O)CC4C5CC(O)(CC41)CC2C5C3.OC1C2CC3C4CC5CC3C1C(C5)C4C2. The van der Waals surface area contributed by atoms with E-state index in [0.717, 1.165) is 140 Å². The van der Waals surface area contributed by atoms with Gasteiger partial charge in [0.05, 0.1) is 50.9 Å². The number of hydrogen-bond donors (Lipinski definition) is 3. The van der Waals surface area contributed by atoms with Gasteiger partial charge in [-0.3, -0.25) is 0 Å². The first-order valence-electron chi connectivity index (χ1n) is 31.8. The van der Waals surface area contributed by atoms with E-state index in [0.29, 0.717) is 47.3 Å². The molecular formula is C64H98O9Si. The Balaban J connectivity index is 0.0000000816. The van der Waals surface area contributed by atoms with Gasteiger partial charge in [-0.25, -0.2) is 0 Å². The average molecular weight is 1040 g/mol. The monoisotopic (exact) mass is 1040 g/mol. The maximum absolute atomic E-state index is 11.1. The molecule has 0 aliphatic heterocycles. The second kappa shape index (κ2) is 15.1. The van der Waals surface area contributed by atoms with E-state index in [1.54, 1.807) is 6.42 Å². The molecule has 28 saturated carbocycles. The zero-order chi connectivity index (χ0) is 50.4. The predicted octanol–water partition coefficient (Wildman–Crippen LogP) is 10.3. The summed E-state index contributed by atoms with van der Waals surface area (Å²) in [5.74, 6) is 20.3. The quantitative estimate of drug-likeness (QED) is 0.214. The van der Waals surface area contributed by atoms with E-state index in [9.17, 15) is 15.3 Å². The van der Waals surface area contributed by atoms with Gasteiger partial charge >= 0.3 is 0 Å². The molecule has 74 heavy (non-hydrogen) atoms. The van der Waals surface area contributed by atoms with E-state index < -0.39 is 19.5 Å². The summed E-state index contributed by atoms with van der Waals surface area (Å²) >= 11 is 0. The van der Waals surface area contributed by atoms with Crippen molar-refractivity contribution < 1.29 is 43.4 Å². The number of aliphatic hydroxyl groups is 3. The normalized spacial score (nSPS) is 66.8. The molecule has 9 nitrogen and oxygen atoms in total. The topological polar surface area (TPSA) is 116 Å². The summed E-state index contributed by atoms with van der Waals surface area (Å²) < 4.78 is 37.2. The fraction of sp³-hybridized carbons (Fsp3) is 1.00. The van der Waals surface area contributed by atoms with Crippen molar-refractivity contribution in [2.45, 2.75) is 218 Å². The Morgan fingerprint density at radius 3 is 1.16 bits per heavy atom. The third kappa shape index (κ3) is 6.02. The van der Waals surface area contributed by atoms with Crippen molar-refractivity contribution in [3.8, 4) is 0 Å². The molecule has 3 N–H and O–H groups in total. The molecule has 28 fully saturated rings. The van der Waals surface area contributed by atoms with Crippen molar-refractivity contribution in [3.05, 3.63) is 0 Å². The van der Waals surface area contributed by atoms with E-state index >= 15 is 0 Å². The van der Waals surface area contributed by atoms with Gasteiger partial charge in [0, 0.05) is 48.4 Å². The molecule has 0 aromatic rings. The van der Waals surface area contributed by atoms with Gasteiger partial charge in [0.1, 0.15) is 0 Å². The van der Waals surface area contributed by atoms with Gasteiger partial charge in [-0.05, 0) is 297 Å². The van der Waals surface area contributed by atoms with Crippen molar-refractivity contribution in [1.29, 1.82) is 0 Å². The van der Waals surface area contributed by atoms with Crippen molar-refractivity contribution in [2.24, 2.45) is 142 Å². The molecule has 28 aliphatic rings. The molecule has 10 heteroatoms. The molecule has 13 atom stereocenters. The zero-order valence-electron chi connectivity index (χ0n) is 47.0. The van der Waals surface area contributed by atoms with Crippen LogP contribution in [-0.4, -0.2) is 110 Å². The highest BCUT2D eigenvalue weighted by atomic mass is 28.4. The first-order chi connectivity index (χ1) is 35.3. The maximum Gasteiger partial charge on any atom is 0.184 e. The number of rotatable bonds is 7. The van der Waals surface area contributed by atoms with Crippen LogP contribution in [0.2, 0.25) is 19.6 Å². The van der Waals surface area contributed by atoms with Crippen LogP contribution < -0.4 is 0 Å². The smallest absolute Gasteiger partial charge is 0.184 e. The van der Waals surface area contributed by atoms with Gasteiger partial charge in [-0.15, -0.1) is 0 Å². The fourth-order valence-electron chi connectivity index (χ4n) is 29.4. The summed E-state index contributed by atoms with van der Waals surface area (Å²) in [6, 6.07) is 0. The standard InChI is InChI=1S/C17H28O3Si.C17H26O3.C16H24O2.C14H20O/c1-21(2,3)20-17-9-16(19)5-11-10-4-15(18,7-13(11)17)8-14(17)12(10)6-16;1-18-15-4-10-11-5-16(19-2)6-12(10)14(8-15)17(9-16,20-3)13(11)7-15;1-17-15-3-9-12-6-16(18-2)7-13(9)11(5-15)14(8-16)10(12)4-15;15-14-7-4-9-8-1-6-2-11(9)13(14)12(3-6)10(8)5-7/h10-14,18-19H,4-9H2,1-3H3;10-14H,4-9H2,1-3H3;9-14H,3-8H2,1-2H3;6-15H,1-5H2. The van der Waals surface area contributed by atoms with E-state index in [4.69, 9.17) is 28.1 Å². The molecule has 0 aromatic carbocycles. The molecule has 0 amide bonds. The van der Waals surface area contributed by atoms with Crippen LogP contribution in [-0.2, 0) is 28.1 Å². The van der Waals surface area contributed by atoms with Gasteiger partial charge in [0.15, 0.2) is 8.32 Å². The summed E-state index contributed by atoms with van der Waals surface area (Å²) in [4.78, 5) is 0. The highest BCUT2D eigenvalue weighted by molar-refractivity contribution is 6.69. The Hall–Kier alpha value is -0.143. The lowest BCUT2D eigenvalue weighted by Gasteiger charge is -2.77. The van der Waals surface area contributed by atoms with Gasteiger partial charge in [-0.1, -0.05) is 0 Å². The highest BCUT2D eigenvalue weighted by Crippen LogP contribution is 2.79. The van der Waals surface area contributed by atoms with E-state index in [-0.39, 0.29) is 39.7 Å². The molecule has 0 saturated heterocycles. The van der Waals surface area contributed by atoms with Gasteiger partial charge in [0.25, 0.3) is 0 Å². The number of hydrogen-bond acceptors (Lipinski definition) is 9. The predicted molar refractivity (Wildman–Crippen MR) is 282 cm³/mol. The molecule has 32 bridgehead atoms. The Bertz CT molecular complexity index is 2150. The third-order valence-corrected chi connectivity index (χ3v) is 31.6. The molecule has 412 valence electrons. The molecule has 0 spiro atoms. The minimum atomic E-state index is -1.67. The third-order valence-electron chi connectivity index (χ3n) is 30.6. The van der Waals surface area contributed by atoms with Crippen LogP contribution >= 0.6 is 0 Å². The van der Waals surface area contributed by atoms with Crippen molar-refractivity contribution >= 4 is 8.32 Å². The van der Waals surface area contributed by atoms with Gasteiger partial charge in [-0.2, -0.15) is 0 Å². The summed E-state index contributed by atoms with van der Waals surface area (Å²) in [5, 5.41) is 32.5. The fourth-order valence-corrected chi connectivity index (χ4v) is 31.0. The van der Waals surface area contributed by atoms with Crippen LogP contribution in [0.4, 0.5) is 0 Å². The minimum absolute atomic E-state index is 0.0980. The van der Waals surface area contributed by atoms with E-state index in [2.05, 4.69) is 19.6 Å².